The predicted octanol–water partition coefficient (Wildman–Crippen LogP) is 5.24. The minimum absolute atomic E-state index is 0.193. The molecule has 0 atom stereocenters. The summed E-state index contributed by atoms with van der Waals surface area (Å²) in [4.78, 5) is 25.4. The van der Waals surface area contributed by atoms with Crippen LogP contribution in [-0.2, 0) is 20.6 Å². The number of hydrogen-bond donors (Lipinski definition) is 1. The molecule has 1 amide bonds. The number of halogens is 1. The fourth-order valence-electron chi connectivity index (χ4n) is 3.04. The minimum Gasteiger partial charge on any atom is -0.323 e. The Morgan fingerprint density at radius 1 is 1.00 bits per heavy atom. The molecule has 0 unspecified atom stereocenters. The number of para-hydroxylation sites is 1. The highest BCUT2D eigenvalue weighted by molar-refractivity contribution is 7.98. The minimum atomic E-state index is -3.76. The van der Waals surface area contributed by atoms with Crippen LogP contribution in [0.15, 0.2) is 77.7 Å². The van der Waals surface area contributed by atoms with E-state index in [0.717, 1.165) is 21.0 Å². The number of nitrogens with one attached hydrogen (secondary N) is 1. The molecule has 3 aromatic carbocycles. The van der Waals surface area contributed by atoms with E-state index in [1.54, 1.807) is 42.1 Å². The van der Waals surface area contributed by atoms with Gasteiger partial charge in [-0.3, -0.25) is 13.9 Å². The third-order valence-corrected chi connectivity index (χ3v) is 7.23. The van der Waals surface area contributed by atoms with Gasteiger partial charge in [0.1, 0.15) is 6.54 Å². The molecule has 0 aliphatic carbocycles. The number of anilines is 2. The molecule has 0 aliphatic rings. The number of carbonyl (C=O) groups is 2. The van der Waals surface area contributed by atoms with Gasteiger partial charge in [0.15, 0.2) is 5.78 Å². The van der Waals surface area contributed by atoms with Gasteiger partial charge in [-0.1, -0.05) is 48.0 Å². The number of amides is 1. The van der Waals surface area contributed by atoms with E-state index in [1.165, 1.54) is 13.0 Å². The molecule has 1 N–H and O–H groups in total. The first-order valence-electron chi connectivity index (χ1n) is 9.98. The van der Waals surface area contributed by atoms with Crippen LogP contribution in [0.25, 0.3) is 0 Å². The highest BCUT2D eigenvalue weighted by Crippen LogP contribution is 2.30. The lowest BCUT2D eigenvalue weighted by Crippen LogP contribution is -2.37. The quantitative estimate of drug-likeness (QED) is 0.319. The lowest BCUT2D eigenvalue weighted by Gasteiger charge is -2.22. The van der Waals surface area contributed by atoms with Crippen molar-refractivity contribution in [2.24, 2.45) is 0 Å². The topological polar surface area (TPSA) is 83.6 Å². The molecule has 0 aliphatic heterocycles. The van der Waals surface area contributed by atoms with Crippen molar-refractivity contribution >= 4 is 56.5 Å². The molecular formula is C24H23ClN2O4S2. The van der Waals surface area contributed by atoms with Crippen LogP contribution in [0.3, 0.4) is 0 Å². The Morgan fingerprint density at radius 2 is 1.70 bits per heavy atom. The largest absolute Gasteiger partial charge is 0.323 e. The summed E-state index contributed by atoms with van der Waals surface area (Å²) in [6, 6.07) is 21.1. The highest BCUT2D eigenvalue weighted by Gasteiger charge is 2.22. The molecule has 33 heavy (non-hydrogen) atoms. The van der Waals surface area contributed by atoms with E-state index in [-0.39, 0.29) is 11.5 Å². The Bertz CT molecular complexity index is 1260. The summed E-state index contributed by atoms with van der Waals surface area (Å²) < 4.78 is 25.8. The third-order valence-electron chi connectivity index (χ3n) is 4.70. The number of carbonyl (C=O) groups excluding carboxylic acids is 2. The van der Waals surface area contributed by atoms with Gasteiger partial charge in [0, 0.05) is 21.2 Å². The van der Waals surface area contributed by atoms with Gasteiger partial charge in [-0.15, -0.1) is 11.8 Å². The predicted molar refractivity (Wildman–Crippen MR) is 135 cm³/mol. The maximum absolute atomic E-state index is 12.8. The maximum atomic E-state index is 12.8. The Morgan fingerprint density at radius 3 is 2.36 bits per heavy atom. The molecule has 0 saturated heterocycles. The Hall–Kier alpha value is -2.81. The molecule has 0 saturated carbocycles. The standard InChI is InChI=1S/C24H23ClN2O4S2/c1-17(28)19-6-5-7-21(14-19)27(33(2,30)31)15-24(29)26-22-8-3-4-9-23(22)32-16-18-10-12-20(25)13-11-18/h3-14H,15-16H2,1-2H3,(H,26,29). The molecule has 0 bridgehead atoms. The van der Waals surface area contributed by atoms with E-state index in [0.29, 0.717) is 22.0 Å². The zero-order valence-electron chi connectivity index (χ0n) is 18.1. The normalized spacial score (nSPS) is 11.1. The average Bonchev–Trinajstić information content (AvgIpc) is 2.77. The van der Waals surface area contributed by atoms with E-state index >= 15 is 0 Å². The highest BCUT2D eigenvalue weighted by atomic mass is 35.5. The zero-order valence-corrected chi connectivity index (χ0v) is 20.5. The smallest absolute Gasteiger partial charge is 0.245 e. The van der Waals surface area contributed by atoms with Crippen LogP contribution in [0.2, 0.25) is 5.02 Å². The van der Waals surface area contributed by atoms with Crippen molar-refractivity contribution in [3.63, 3.8) is 0 Å². The first-order chi connectivity index (χ1) is 15.6. The fraction of sp³-hybridized carbons (Fsp3) is 0.167. The monoisotopic (exact) mass is 502 g/mol. The van der Waals surface area contributed by atoms with Gasteiger partial charge in [0.2, 0.25) is 15.9 Å². The summed E-state index contributed by atoms with van der Waals surface area (Å²) in [6.45, 7) is 0.978. The number of rotatable bonds is 9. The number of ketones is 1. The molecule has 0 spiro atoms. The molecule has 172 valence electrons. The zero-order chi connectivity index (χ0) is 24.0. The number of Topliss-reactive ketones (excluding diaryl/α,β-unsaturated/α-hetero) is 1. The van der Waals surface area contributed by atoms with Gasteiger partial charge in [0.05, 0.1) is 17.6 Å². The summed E-state index contributed by atoms with van der Waals surface area (Å²) in [6.07, 6.45) is 1.02. The number of thioether (sulfide) groups is 1. The first-order valence-corrected chi connectivity index (χ1v) is 13.2. The number of nitrogens with zero attached hydrogens (tertiary/aromatic N) is 1. The summed E-state index contributed by atoms with van der Waals surface area (Å²) in [7, 11) is -3.76. The van der Waals surface area contributed by atoms with Crippen LogP contribution in [0, 0.1) is 0 Å². The van der Waals surface area contributed by atoms with Crippen LogP contribution < -0.4 is 9.62 Å². The van der Waals surface area contributed by atoms with E-state index in [1.807, 2.05) is 36.4 Å². The van der Waals surface area contributed by atoms with Crippen molar-refractivity contribution in [1.29, 1.82) is 0 Å². The summed E-state index contributed by atoms with van der Waals surface area (Å²) in [5.41, 5.74) is 2.29. The van der Waals surface area contributed by atoms with Crippen molar-refractivity contribution < 1.29 is 18.0 Å². The van der Waals surface area contributed by atoms with Crippen molar-refractivity contribution in [3.05, 3.63) is 88.9 Å². The molecule has 0 fully saturated rings. The van der Waals surface area contributed by atoms with Gasteiger partial charge in [-0.05, 0) is 48.9 Å². The van der Waals surface area contributed by atoms with Gasteiger partial charge < -0.3 is 5.32 Å². The third kappa shape index (κ3) is 7.08. The van der Waals surface area contributed by atoms with Crippen LogP contribution in [0.1, 0.15) is 22.8 Å². The van der Waals surface area contributed by atoms with Crippen molar-refractivity contribution in [3.8, 4) is 0 Å². The average molecular weight is 503 g/mol. The first kappa shape index (κ1) is 24.8. The van der Waals surface area contributed by atoms with E-state index < -0.39 is 22.5 Å². The van der Waals surface area contributed by atoms with Gasteiger partial charge >= 0.3 is 0 Å². The molecule has 0 radical (unpaired) electrons. The van der Waals surface area contributed by atoms with Crippen molar-refractivity contribution in [2.45, 2.75) is 17.6 Å². The molecule has 0 heterocycles. The summed E-state index contributed by atoms with van der Waals surface area (Å²) in [5.74, 6) is -0.00763. The van der Waals surface area contributed by atoms with Crippen LogP contribution in [0.4, 0.5) is 11.4 Å². The number of benzene rings is 3. The van der Waals surface area contributed by atoms with E-state index in [2.05, 4.69) is 5.32 Å². The Balaban J connectivity index is 1.75. The maximum Gasteiger partial charge on any atom is 0.245 e. The Kier molecular flexibility index (Phi) is 8.18. The van der Waals surface area contributed by atoms with Crippen LogP contribution in [-0.4, -0.2) is 32.9 Å². The van der Waals surface area contributed by atoms with Crippen LogP contribution >= 0.6 is 23.4 Å². The second-order valence-corrected chi connectivity index (χ2v) is 10.7. The molecule has 9 heteroatoms. The van der Waals surface area contributed by atoms with Gasteiger partial charge in [-0.25, -0.2) is 8.42 Å². The Labute approximate surface area is 203 Å². The summed E-state index contributed by atoms with van der Waals surface area (Å²) in [5, 5.41) is 3.48. The van der Waals surface area contributed by atoms with E-state index in [9.17, 15) is 18.0 Å². The van der Waals surface area contributed by atoms with Crippen LogP contribution in [0.5, 0.6) is 0 Å². The molecular weight excluding hydrogens is 480 g/mol. The van der Waals surface area contributed by atoms with E-state index in [4.69, 9.17) is 11.6 Å². The lowest BCUT2D eigenvalue weighted by molar-refractivity contribution is -0.114. The summed E-state index contributed by atoms with van der Waals surface area (Å²) >= 11 is 7.48. The molecule has 0 aromatic heterocycles. The van der Waals surface area contributed by atoms with Gasteiger partial charge in [0.25, 0.3) is 0 Å². The lowest BCUT2D eigenvalue weighted by atomic mass is 10.1. The van der Waals surface area contributed by atoms with Crippen molar-refractivity contribution in [2.75, 3.05) is 22.4 Å². The fourth-order valence-corrected chi connectivity index (χ4v) is 4.98. The second kappa shape index (κ2) is 10.9. The van der Waals surface area contributed by atoms with Gasteiger partial charge in [-0.2, -0.15) is 0 Å². The van der Waals surface area contributed by atoms with Crippen molar-refractivity contribution in [1.82, 2.24) is 0 Å². The molecule has 3 aromatic rings. The second-order valence-electron chi connectivity index (χ2n) is 7.34. The molecule has 6 nitrogen and oxygen atoms in total. The number of hydrogen-bond acceptors (Lipinski definition) is 5. The SMILES string of the molecule is CC(=O)c1cccc(N(CC(=O)Nc2ccccc2SCc2ccc(Cl)cc2)S(C)(=O)=O)c1. The number of sulfonamides is 1. The molecule has 3 rings (SSSR count).